The van der Waals surface area contributed by atoms with Crippen molar-refractivity contribution in [3.63, 3.8) is 0 Å². The minimum Gasteiger partial charge on any atom is -0.345 e. The summed E-state index contributed by atoms with van der Waals surface area (Å²) < 4.78 is 24.7. The number of fused-ring (bicyclic) bond motifs is 1. The van der Waals surface area contributed by atoms with Crippen molar-refractivity contribution >= 4 is 27.0 Å². The van der Waals surface area contributed by atoms with Crippen LogP contribution in [0.3, 0.4) is 0 Å². The third-order valence-corrected chi connectivity index (χ3v) is 5.29. The Balaban J connectivity index is 1.96. The minimum absolute atomic E-state index is 0.00588. The molecule has 3 N–H and O–H groups in total. The van der Waals surface area contributed by atoms with Gasteiger partial charge in [-0.15, -0.1) is 0 Å². The normalized spacial score (nSPS) is 12.9. The molecule has 27 heavy (non-hydrogen) atoms. The standard InChI is InChI=1S/C18H21N5O3S/c1-10-8-15(16-12(3)22-23(4)17(16)20-10)18(24)21-11(2)13-6-5-7-14(9-13)27(19,25)26/h5-9,11H,1-4H3,(H,21,24)(H2,19,25,26). The number of aryl methyl sites for hydroxylation is 3. The number of sulfonamides is 1. The van der Waals surface area contributed by atoms with E-state index in [0.717, 1.165) is 0 Å². The first kappa shape index (κ1) is 19.0. The van der Waals surface area contributed by atoms with Crippen LogP contribution in [-0.2, 0) is 17.1 Å². The van der Waals surface area contributed by atoms with Crippen molar-refractivity contribution in [1.29, 1.82) is 0 Å². The molecule has 2 heterocycles. The van der Waals surface area contributed by atoms with E-state index in [1.54, 1.807) is 36.9 Å². The van der Waals surface area contributed by atoms with Gasteiger partial charge in [0.25, 0.3) is 5.91 Å². The molecule has 142 valence electrons. The summed E-state index contributed by atoms with van der Waals surface area (Å²) in [5.41, 5.74) is 3.19. The molecule has 0 aliphatic rings. The van der Waals surface area contributed by atoms with Crippen LogP contribution < -0.4 is 10.5 Å². The molecule has 1 unspecified atom stereocenters. The van der Waals surface area contributed by atoms with Crippen LogP contribution in [0.15, 0.2) is 35.2 Å². The fourth-order valence-corrected chi connectivity index (χ4v) is 3.64. The second-order valence-electron chi connectivity index (χ2n) is 6.53. The number of rotatable bonds is 4. The van der Waals surface area contributed by atoms with Gasteiger partial charge in [0.1, 0.15) is 0 Å². The van der Waals surface area contributed by atoms with Gasteiger partial charge in [-0.3, -0.25) is 9.48 Å². The highest BCUT2D eigenvalue weighted by Crippen LogP contribution is 2.23. The highest BCUT2D eigenvalue weighted by Gasteiger charge is 2.20. The van der Waals surface area contributed by atoms with Gasteiger partial charge in [-0.2, -0.15) is 5.10 Å². The van der Waals surface area contributed by atoms with Crippen LogP contribution in [-0.4, -0.2) is 29.1 Å². The van der Waals surface area contributed by atoms with Gasteiger partial charge in [0, 0.05) is 12.7 Å². The molecule has 0 aliphatic carbocycles. The molecule has 0 radical (unpaired) electrons. The molecule has 0 fully saturated rings. The van der Waals surface area contributed by atoms with Gasteiger partial charge in [0.05, 0.1) is 27.6 Å². The first-order valence-corrected chi connectivity index (χ1v) is 9.87. The molecule has 0 bridgehead atoms. The monoisotopic (exact) mass is 387 g/mol. The quantitative estimate of drug-likeness (QED) is 0.706. The van der Waals surface area contributed by atoms with Crippen LogP contribution in [0.2, 0.25) is 0 Å². The van der Waals surface area contributed by atoms with Gasteiger partial charge in [-0.25, -0.2) is 18.5 Å². The topological polar surface area (TPSA) is 120 Å². The van der Waals surface area contributed by atoms with E-state index in [2.05, 4.69) is 15.4 Å². The summed E-state index contributed by atoms with van der Waals surface area (Å²) in [7, 11) is -2.03. The molecule has 3 aromatic rings. The molecule has 1 amide bonds. The fraction of sp³-hybridized carbons (Fsp3) is 0.278. The summed E-state index contributed by atoms with van der Waals surface area (Å²) in [6.07, 6.45) is 0. The van der Waals surface area contributed by atoms with Crippen molar-refractivity contribution < 1.29 is 13.2 Å². The first-order chi connectivity index (χ1) is 12.6. The molecular formula is C18H21N5O3S. The predicted octanol–water partition coefficient (Wildman–Crippen LogP) is 1.72. The van der Waals surface area contributed by atoms with E-state index in [1.165, 1.54) is 12.1 Å². The summed E-state index contributed by atoms with van der Waals surface area (Å²) in [6, 6.07) is 7.52. The number of pyridine rings is 1. The number of primary sulfonamides is 1. The van der Waals surface area contributed by atoms with Gasteiger partial charge in [-0.1, -0.05) is 12.1 Å². The number of nitrogens with zero attached hydrogens (tertiary/aromatic N) is 3. The van der Waals surface area contributed by atoms with Gasteiger partial charge in [-0.05, 0) is 44.5 Å². The number of nitrogens with two attached hydrogens (primary N) is 1. The third kappa shape index (κ3) is 3.69. The van der Waals surface area contributed by atoms with Crippen LogP contribution >= 0.6 is 0 Å². The maximum absolute atomic E-state index is 12.9. The van der Waals surface area contributed by atoms with Crippen molar-refractivity contribution in [2.24, 2.45) is 12.2 Å². The van der Waals surface area contributed by atoms with Crippen LogP contribution in [0, 0.1) is 13.8 Å². The zero-order valence-corrected chi connectivity index (χ0v) is 16.3. The Hall–Kier alpha value is -2.78. The Labute approximate surface area is 157 Å². The summed E-state index contributed by atoms with van der Waals surface area (Å²) in [6.45, 7) is 5.42. The minimum atomic E-state index is -3.81. The number of benzene rings is 1. The molecule has 1 aromatic carbocycles. The van der Waals surface area contributed by atoms with Crippen molar-refractivity contribution in [1.82, 2.24) is 20.1 Å². The first-order valence-electron chi connectivity index (χ1n) is 8.32. The molecule has 3 rings (SSSR count). The van der Waals surface area contributed by atoms with Crippen molar-refractivity contribution in [2.75, 3.05) is 0 Å². The lowest BCUT2D eigenvalue weighted by atomic mass is 10.1. The van der Waals surface area contributed by atoms with Crippen molar-refractivity contribution in [2.45, 2.75) is 31.7 Å². The molecule has 0 aliphatic heterocycles. The average molecular weight is 387 g/mol. The summed E-state index contributed by atoms with van der Waals surface area (Å²) in [4.78, 5) is 17.4. The largest absolute Gasteiger partial charge is 0.345 e. The SMILES string of the molecule is Cc1cc(C(=O)NC(C)c2cccc(S(N)(=O)=O)c2)c2c(C)nn(C)c2n1. The number of amides is 1. The molecule has 0 spiro atoms. The maximum Gasteiger partial charge on any atom is 0.252 e. The number of hydrogen-bond donors (Lipinski definition) is 2. The van der Waals surface area contributed by atoms with E-state index in [9.17, 15) is 13.2 Å². The Morgan fingerprint density at radius 2 is 1.96 bits per heavy atom. The molecule has 9 heteroatoms. The van der Waals surface area contributed by atoms with E-state index in [-0.39, 0.29) is 10.8 Å². The fourth-order valence-electron chi connectivity index (χ4n) is 3.07. The van der Waals surface area contributed by atoms with Gasteiger partial charge < -0.3 is 5.32 Å². The summed E-state index contributed by atoms with van der Waals surface area (Å²) in [5, 5.41) is 13.1. The summed E-state index contributed by atoms with van der Waals surface area (Å²) in [5.74, 6) is -0.282. The Morgan fingerprint density at radius 1 is 1.26 bits per heavy atom. The van der Waals surface area contributed by atoms with Gasteiger partial charge in [0.2, 0.25) is 10.0 Å². The smallest absolute Gasteiger partial charge is 0.252 e. The van der Waals surface area contributed by atoms with E-state index < -0.39 is 16.1 Å². The van der Waals surface area contributed by atoms with Gasteiger partial charge >= 0.3 is 0 Å². The molecule has 8 nitrogen and oxygen atoms in total. The average Bonchev–Trinajstić information content (AvgIpc) is 2.87. The molecular weight excluding hydrogens is 366 g/mol. The van der Waals surface area contributed by atoms with Crippen LogP contribution in [0.1, 0.15) is 40.3 Å². The number of nitrogens with one attached hydrogen (secondary N) is 1. The van der Waals surface area contributed by atoms with Crippen LogP contribution in [0.4, 0.5) is 0 Å². The number of carbonyl (C=O) groups excluding carboxylic acids is 1. The highest BCUT2D eigenvalue weighted by molar-refractivity contribution is 7.89. The Morgan fingerprint density at radius 3 is 2.63 bits per heavy atom. The van der Waals surface area contributed by atoms with Crippen LogP contribution in [0.25, 0.3) is 11.0 Å². The lowest BCUT2D eigenvalue weighted by molar-refractivity contribution is 0.0941. The zero-order chi connectivity index (χ0) is 19.9. The van der Waals surface area contributed by atoms with Crippen LogP contribution in [0.5, 0.6) is 0 Å². The van der Waals surface area contributed by atoms with E-state index in [1.807, 2.05) is 13.8 Å². The van der Waals surface area contributed by atoms with Crippen molar-refractivity contribution in [3.05, 3.63) is 52.8 Å². The maximum atomic E-state index is 12.9. The molecule has 0 saturated carbocycles. The summed E-state index contributed by atoms with van der Waals surface area (Å²) >= 11 is 0. The molecule has 1 atom stereocenters. The zero-order valence-electron chi connectivity index (χ0n) is 15.5. The molecule has 0 saturated heterocycles. The Kier molecular flexibility index (Phi) is 4.75. The lowest BCUT2D eigenvalue weighted by Gasteiger charge is -2.16. The second kappa shape index (κ2) is 6.75. The number of hydrogen-bond acceptors (Lipinski definition) is 5. The second-order valence-corrected chi connectivity index (χ2v) is 8.09. The molecule has 2 aromatic heterocycles. The number of aromatic nitrogens is 3. The predicted molar refractivity (Wildman–Crippen MR) is 102 cm³/mol. The van der Waals surface area contributed by atoms with Crippen molar-refractivity contribution in [3.8, 4) is 0 Å². The van der Waals surface area contributed by atoms with E-state index in [0.29, 0.717) is 33.5 Å². The Bertz CT molecular complexity index is 1150. The third-order valence-electron chi connectivity index (χ3n) is 4.38. The van der Waals surface area contributed by atoms with E-state index in [4.69, 9.17) is 5.14 Å². The van der Waals surface area contributed by atoms with E-state index >= 15 is 0 Å². The highest BCUT2D eigenvalue weighted by atomic mass is 32.2. The van der Waals surface area contributed by atoms with Gasteiger partial charge in [0.15, 0.2) is 5.65 Å². The number of carbonyl (C=O) groups is 1. The lowest BCUT2D eigenvalue weighted by Crippen LogP contribution is -2.27.